The standard InChI is InChI=1S/C17H25NO4/c1-17(2,3)22-16(20)18-9-7-12(8-10-18)14-11-13(21-4)5-6-15(14)19/h5-6,11-12,19H,7-10H2,1-4H3. The van der Waals surface area contributed by atoms with Crippen LogP contribution in [0.5, 0.6) is 11.5 Å². The van der Waals surface area contributed by atoms with E-state index in [2.05, 4.69) is 0 Å². The number of carbonyl (C=O) groups is 1. The zero-order chi connectivity index (χ0) is 16.3. The normalized spacial score (nSPS) is 16.5. The van der Waals surface area contributed by atoms with Gasteiger partial charge in [0.25, 0.3) is 0 Å². The minimum Gasteiger partial charge on any atom is -0.508 e. The zero-order valence-corrected chi connectivity index (χ0v) is 13.8. The largest absolute Gasteiger partial charge is 0.508 e. The molecule has 1 aromatic carbocycles. The number of piperidine rings is 1. The molecular formula is C17H25NO4. The van der Waals surface area contributed by atoms with Gasteiger partial charge < -0.3 is 19.5 Å². The molecule has 1 saturated heterocycles. The smallest absolute Gasteiger partial charge is 0.410 e. The summed E-state index contributed by atoms with van der Waals surface area (Å²) in [6.45, 7) is 6.87. The molecule has 1 aliphatic rings. The molecule has 1 N–H and O–H groups in total. The maximum absolute atomic E-state index is 12.1. The highest BCUT2D eigenvalue weighted by molar-refractivity contribution is 5.68. The van der Waals surface area contributed by atoms with Crippen molar-refractivity contribution in [2.75, 3.05) is 20.2 Å². The highest BCUT2D eigenvalue weighted by atomic mass is 16.6. The quantitative estimate of drug-likeness (QED) is 0.908. The number of methoxy groups -OCH3 is 1. The molecule has 0 unspecified atom stereocenters. The lowest BCUT2D eigenvalue weighted by Crippen LogP contribution is -2.41. The van der Waals surface area contributed by atoms with E-state index in [4.69, 9.17) is 9.47 Å². The zero-order valence-electron chi connectivity index (χ0n) is 13.8. The molecule has 0 atom stereocenters. The Bertz CT molecular complexity index is 528. The van der Waals surface area contributed by atoms with Crippen LogP contribution in [-0.4, -0.2) is 41.9 Å². The van der Waals surface area contributed by atoms with Crippen LogP contribution in [0.15, 0.2) is 18.2 Å². The predicted octanol–water partition coefficient (Wildman–Crippen LogP) is 3.52. The summed E-state index contributed by atoms with van der Waals surface area (Å²) in [5.74, 6) is 1.26. The van der Waals surface area contributed by atoms with Crippen molar-refractivity contribution in [2.24, 2.45) is 0 Å². The predicted molar refractivity (Wildman–Crippen MR) is 84.4 cm³/mol. The lowest BCUT2D eigenvalue weighted by molar-refractivity contribution is 0.0204. The summed E-state index contributed by atoms with van der Waals surface area (Å²) in [6.07, 6.45) is 1.35. The van der Waals surface area contributed by atoms with Crippen LogP contribution in [0.3, 0.4) is 0 Å². The van der Waals surface area contributed by atoms with Gasteiger partial charge in [-0.2, -0.15) is 0 Å². The van der Waals surface area contributed by atoms with Gasteiger partial charge in [-0.1, -0.05) is 0 Å². The molecule has 0 aromatic heterocycles. The summed E-state index contributed by atoms with van der Waals surface area (Å²) < 4.78 is 10.6. The third kappa shape index (κ3) is 4.06. The fourth-order valence-electron chi connectivity index (χ4n) is 2.69. The van der Waals surface area contributed by atoms with Crippen LogP contribution in [0.25, 0.3) is 0 Å². The number of phenolic OH excluding ortho intramolecular Hbond substituents is 1. The first kappa shape index (κ1) is 16.5. The number of carbonyl (C=O) groups excluding carboxylic acids is 1. The van der Waals surface area contributed by atoms with E-state index < -0.39 is 5.60 Å². The summed E-state index contributed by atoms with van der Waals surface area (Å²) in [7, 11) is 1.61. The monoisotopic (exact) mass is 307 g/mol. The van der Waals surface area contributed by atoms with Crippen molar-refractivity contribution >= 4 is 6.09 Å². The molecule has 1 aromatic rings. The van der Waals surface area contributed by atoms with Crippen molar-refractivity contribution in [3.63, 3.8) is 0 Å². The van der Waals surface area contributed by atoms with Crippen molar-refractivity contribution < 1.29 is 19.4 Å². The van der Waals surface area contributed by atoms with Gasteiger partial charge in [0.15, 0.2) is 0 Å². The lowest BCUT2D eigenvalue weighted by atomic mass is 9.89. The number of benzene rings is 1. The van der Waals surface area contributed by atoms with Crippen LogP contribution in [0.1, 0.15) is 45.1 Å². The molecule has 0 aliphatic carbocycles. The first-order valence-corrected chi connectivity index (χ1v) is 7.65. The maximum atomic E-state index is 12.1. The van der Waals surface area contributed by atoms with Crippen molar-refractivity contribution in [1.82, 2.24) is 4.90 Å². The molecule has 1 fully saturated rings. The second-order valence-corrected chi connectivity index (χ2v) is 6.67. The van der Waals surface area contributed by atoms with Crippen molar-refractivity contribution in [3.8, 4) is 11.5 Å². The summed E-state index contributed by atoms with van der Waals surface area (Å²) in [4.78, 5) is 13.8. The highest BCUT2D eigenvalue weighted by Gasteiger charge is 2.28. The third-order valence-electron chi connectivity index (χ3n) is 3.82. The first-order valence-electron chi connectivity index (χ1n) is 7.65. The molecule has 1 heterocycles. The number of ether oxygens (including phenoxy) is 2. The molecule has 5 heteroatoms. The molecule has 122 valence electrons. The van der Waals surface area contributed by atoms with E-state index in [0.717, 1.165) is 24.2 Å². The van der Waals surface area contributed by atoms with Gasteiger partial charge in [-0.3, -0.25) is 0 Å². The highest BCUT2D eigenvalue weighted by Crippen LogP contribution is 2.36. The van der Waals surface area contributed by atoms with E-state index in [-0.39, 0.29) is 17.8 Å². The van der Waals surface area contributed by atoms with E-state index in [0.29, 0.717) is 13.1 Å². The SMILES string of the molecule is COc1ccc(O)c(C2CCN(C(=O)OC(C)(C)C)CC2)c1. The van der Waals surface area contributed by atoms with Crippen molar-refractivity contribution in [1.29, 1.82) is 0 Å². The maximum Gasteiger partial charge on any atom is 0.410 e. The van der Waals surface area contributed by atoms with Crippen LogP contribution in [-0.2, 0) is 4.74 Å². The minimum absolute atomic E-state index is 0.230. The number of hydrogen-bond acceptors (Lipinski definition) is 4. The van der Waals surface area contributed by atoms with Crippen LogP contribution >= 0.6 is 0 Å². The van der Waals surface area contributed by atoms with Gasteiger partial charge >= 0.3 is 6.09 Å². The molecule has 2 rings (SSSR count). The lowest BCUT2D eigenvalue weighted by Gasteiger charge is -2.33. The second kappa shape index (κ2) is 6.46. The number of amides is 1. The van der Waals surface area contributed by atoms with Crippen LogP contribution in [0.2, 0.25) is 0 Å². The van der Waals surface area contributed by atoms with Gasteiger partial charge in [0.1, 0.15) is 17.1 Å². The Hall–Kier alpha value is -1.91. The van der Waals surface area contributed by atoms with E-state index >= 15 is 0 Å². The molecule has 0 saturated carbocycles. The van der Waals surface area contributed by atoms with Gasteiger partial charge in [-0.05, 0) is 57.7 Å². The molecule has 0 spiro atoms. The molecule has 1 aliphatic heterocycles. The van der Waals surface area contributed by atoms with Crippen molar-refractivity contribution in [2.45, 2.75) is 45.1 Å². The fourth-order valence-corrected chi connectivity index (χ4v) is 2.69. The Kier molecular flexibility index (Phi) is 4.84. The summed E-state index contributed by atoms with van der Waals surface area (Å²) in [5, 5.41) is 10.0. The van der Waals surface area contributed by atoms with Gasteiger partial charge in [-0.15, -0.1) is 0 Å². The summed E-state index contributed by atoms with van der Waals surface area (Å²) >= 11 is 0. The number of hydrogen-bond donors (Lipinski definition) is 1. The van der Waals surface area contributed by atoms with Gasteiger partial charge in [0.05, 0.1) is 7.11 Å². The fraction of sp³-hybridized carbons (Fsp3) is 0.588. The van der Waals surface area contributed by atoms with Gasteiger partial charge in [0, 0.05) is 18.7 Å². The molecule has 1 amide bonds. The molecule has 0 bridgehead atoms. The Morgan fingerprint density at radius 1 is 1.27 bits per heavy atom. The van der Waals surface area contributed by atoms with E-state index in [9.17, 15) is 9.90 Å². The molecule has 22 heavy (non-hydrogen) atoms. The molecule has 5 nitrogen and oxygen atoms in total. The Labute approximate surface area is 131 Å². The van der Waals surface area contributed by atoms with Crippen LogP contribution < -0.4 is 4.74 Å². The van der Waals surface area contributed by atoms with E-state index in [1.807, 2.05) is 26.8 Å². The molecule has 0 radical (unpaired) electrons. The van der Waals surface area contributed by atoms with Gasteiger partial charge in [0.2, 0.25) is 0 Å². The van der Waals surface area contributed by atoms with Crippen LogP contribution in [0, 0.1) is 0 Å². The number of aromatic hydroxyl groups is 1. The summed E-state index contributed by atoms with van der Waals surface area (Å²) in [5.41, 5.74) is 0.419. The number of likely N-dealkylation sites (tertiary alicyclic amines) is 1. The Morgan fingerprint density at radius 3 is 2.45 bits per heavy atom. The van der Waals surface area contributed by atoms with Crippen molar-refractivity contribution in [3.05, 3.63) is 23.8 Å². The van der Waals surface area contributed by atoms with E-state index in [1.165, 1.54) is 0 Å². The molecular weight excluding hydrogens is 282 g/mol. The number of phenols is 1. The average Bonchev–Trinajstić information content (AvgIpc) is 2.46. The number of rotatable bonds is 2. The first-order chi connectivity index (χ1) is 10.3. The topological polar surface area (TPSA) is 59.0 Å². The van der Waals surface area contributed by atoms with Gasteiger partial charge in [-0.25, -0.2) is 4.79 Å². The average molecular weight is 307 g/mol. The Morgan fingerprint density at radius 2 is 1.91 bits per heavy atom. The number of nitrogens with zero attached hydrogens (tertiary/aromatic N) is 1. The minimum atomic E-state index is -0.473. The third-order valence-corrected chi connectivity index (χ3v) is 3.82. The van der Waals surface area contributed by atoms with E-state index in [1.54, 1.807) is 24.1 Å². The second-order valence-electron chi connectivity index (χ2n) is 6.67. The van der Waals surface area contributed by atoms with Crippen LogP contribution in [0.4, 0.5) is 4.79 Å². The Balaban J connectivity index is 1.99. The summed E-state index contributed by atoms with van der Waals surface area (Å²) in [6, 6.07) is 5.28.